The molecule has 1 aromatic carbocycles. The number of phenols is 1. The molecule has 0 saturated carbocycles. The highest BCUT2D eigenvalue weighted by atomic mass is 16.3. The minimum absolute atomic E-state index is 0.207. The van der Waals surface area contributed by atoms with Crippen LogP contribution in [0.3, 0.4) is 0 Å². The zero-order valence-electron chi connectivity index (χ0n) is 8.45. The van der Waals surface area contributed by atoms with E-state index in [0.717, 1.165) is 5.56 Å². The number of phenolic OH excluding ortho intramolecular Hbond substituents is 1. The van der Waals surface area contributed by atoms with Gasteiger partial charge in [0.25, 0.3) is 0 Å². The summed E-state index contributed by atoms with van der Waals surface area (Å²) in [7, 11) is 0. The van der Waals surface area contributed by atoms with Crippen LogP contribution in [0.25, 0.3) is 0 Å². The quantitative estimate of drug-likeness (QED) is 0.630. The Hall–Kier alpha value is -2.36. The van der Waals surface area contributed by atoms with Crippen LogP contribution < -0.4 is 0 Å². The molecule has 4 heteroatoms. The number of aromatic hydroxyl groups is 1. The van der Waals surface area contributed by atoms with Crippen LogP contribution >= 0.6 is 0 Å². The molecule has 2 rings (SSSR count). The van der Waals surface area contributed by atoms with E-state index in [0.29, 0.717) is 5.76 Å². The Kier molecular flexibility index (Phi) is 3.13. The summed E-state index contributed by atoms with van der Waals surface area (Å²) in [5.41, 5.74) is 0.789. The van der Waals surface area contributed by atoms with E-state index < -0.39 is 0 Å². The van der Waals surface area contributed by atoms with E-state index in [4.69, 9.17) is 4.42 Å². The predicted molar refractivity (Wildman–Crippen MR) is 62.0 cm³/mol. The zero-order valence-corrected chi connectivity index (χ0v) is 8.45. The Morgan fingerprint density at radius 2 is 1.94 bits per heavy atom. The minimum Gasteiger partial charge on any atom is -0.508 e. The first-order valence-corrected chi connectivity index (χ1v) is 4.73. The molecule has 0 fully saturated rings. The first-order chi connectivity index (χ1) is 7.84. The molecule has 0 atom stereocenters. The summed E-state index contributed by atoms with van der Waals surface area (Å²) < 4.78 is 5.04. The number of hydrogen-bond donors (Lipinski definition) is 1. The highest BCUT2D eigenvalue weighted by Gasteiger charge is 1.89. The van der Waals surface area contributed by atoms with Crippen molar-refractivity contribution < 1.29 is 9.52 Å². The SMILES string of the molecule is Oc1cccc(C=NN=Cc2ccco2)c1. The number of furan rings is 1. The van der Waals surface area contributed by atoms with E-state index in [-0.39, 0.29) is 5.75 Å². The monoisotopic (exact) mass is 214 g/mol. The van der Waals surface area contributed by atoms with Crippen LogP contribution in [0, 0.1) is 0 Å². The van der Waals surface area contributed by atoms with Crippen molar-refractivity contribution in [1.29, 1.82) is 0 Å². The Labute approximate surface area is 92.6 Å². The van der Waals surface area contributed by atoms with E-state index in [1.54, 1.807) is 42.8 Å². The molecule has 0 aliphatic carbocycles. The van der Waals surface area contributed by atoms with Gasteiger partial charge in [-0.25, -0.2) is 0 Å². The van der Waals surface area contributed by atoms with Crippen molar-refractivity contribution in [3.63, 3.8) is 0 Å². The van der Waals surface area contributed by atoms with Crippen molar-refractivity contribution in [2.75, 3.05) is 0 Å². The number of hydrogen-bond acceptors (Lipinski definition) is 4. The van der Waals surface area contributed by atoms with Gasteiger partial charge in [-0.2, -0.15) is 10.2 Å². The van der Waals surface area contributed by atoms with E-state index >= 15 is 0 Å². The first kappa shape index (κ1) is 10.2. The molecule has 0 aliphatic rings. The van der Waals surface area contributed by atoms with Crippen molar-refractivity contribution in [2.24, 2.45) is 10.2 Å². The van der Waals surface area contributed by atoms with Gasteiger partial charge < -0.3 is 9.52 Å². The third-order valence-electron chi connectivity index (χ3n) is 1.87. The third kappa shape index (κ3) is 2.81. The largest absolute Gasteiger partial charge is 0.508 e. The lowest BCUT2D eigenvalue weighted by molar-refractivity contribution is 0.475. The van der Waals surface area contributed by atoms with Gasteiger partial charge in [-0.1, -0.05) is 12.1 Å². The Bertz CT molecular complexity index is 501. The lowest BCUT2D eigenvalue weighted by atomic mass is 10.2. The van der Waals surface area contributed by atoms with Gasteiger partial charge >= 0.3 is 0 Å². The van der Waals surface area contributed by atoms with E-state index in [1.807, 2.05) is 6.07 Å². The topological polar surface area (TPSA) is 58.1 Å². The molecule has 1 aromatic heterocycles. The molecule has 0 saturated heterocycles. The van der Waals surface area contributed by atoms with Crippen LogP contribution in [-0.4, -0.2) is 17.5 Å². The highest BCUT2D eigenvalue weighted by Crippen LogP contribution is 2.08. The molecule has 0 radical (unpaired) electrons. The van der Waals surface area contributed by atoms with Gasteiger partial charge in [0.2, 0.25) is 0 Å². The molecule has 4 nitrogen and oxygen atoms in total. The van der Waals surface area contributed by atoms with Gasteiger partial charge in [-0.15, -0.1) is 0 Å². The number of rotatable bonds is 3. The van der Waals surface area contributed by atoms with Crippen LogP contribution in [-0.2, 0) is 0 Å². The summed E-state index contributed by atoms with van der Waals surface area (Å²) >= 11 is 0. The summed E-state index contributed by atoms with van der Waals surface area (Å²) in [5.74, 6) is 0.854. The second-order valence-electron chi connectivity index (χ2n) is 3.10. The van der Waals surface area contributed by atoms with Crippen molar-refractivity contribution in [2.45, 2.75) is 0 Å². The molecule has 0 amide bonds. The first-order valence-electron chi connectivity index (χ1n) is 4.73. The van der Waals surface area contributed by atoms with Crippen molar-refractivity contribution in [1.82, 2.24) is 0 Å². The molecule has 80 valence electrons. The Morgan fingerprint density at radius 1 is 1.06 bits per heavy atom. The molecule has 0 spiro atoms. The molecule has 0 unspecified atom stereocenters. The molecule has 0 aliphatic heterocycles. The van der Waals surface area contributed by atoms with E-state index in [9.17, 15) is 5.11 Å². The maximum atomic E-state index is 9.20. The predicted octanol–water partition coefficient (Wildman–Crippen LogP) is 2.44. The number of nitrogens with zero attached hydrogens (tertiary/aromatic N) is 2. The average molecular weight is 214 g/mol. The standard InChI is InChI=1S/C12H10N2O2/c15-11-4-1-3-10(7-11)8-13-14-9-12-5-2-6-16-12/h1-9,15H. The lowest BCUT2D eigenvalue weighted by Gasteiger charge is -1.91. The van der Waals surface area contributed by atoms with Crippen LogP contribution in [0.2, 0.25) is 0 Å². The Balaban J connectivity index is 2.00. The van der Waals surface area contributed by atoms with Crippen LogP contribution in [0.5, 0.6) is 5.75 Å². The fourth-order valence-electron chi connectivity index (χ4n) is 1.16. The van der Waals surface area contributed by atoms with Gasteiger partial charge in [0.1, 0.15) is 11.5 Å². The van der Waals surface area contributed by atoms with E-state index in [1.165, 1.54) is 6.21 Å². The van der Waals surface area contributed by atoms with Gasteiger partial charge in [0.15, 0.2) is 0 Å². The smallest absolute Gasteiger partial charge is 0.146 e. The molecule has 1 N–H and O–H groups in total. The Morgan fingerprint density at radius 3 is 2.69 bits per heavy atom. The van der Waals surface area contributed by atoms with Crippen LogP contribution in [0.15, 0.2) is 57.3 Å². The molecule has 1 heterocycles. The number of benzene rings is 1. The summed E-state index contributed by atoms with van der Waals surface area (Å²) in [6.07, 6.45) is 4.64. The molecule has 16 heavy (non-hydrogen) atoms. The summed E-state index contributed by atoms with van der Waals surface area (Å²) in [5, 5.41) is 16.8. The maximum Gasteiger partial charge on any atom is 0.146 e. The highest BCUT2D eigenvalue weighted by molar-refractivity contribution is 5.81. The second-order valence-corrected chi connectivity index (χ2v) is 3.10. The maximum absolute atomic E-state index is 9.20. The van der Waals surface area contributed by atoms with Crippen molar-refractivity contribution in [3.05, 3.63) is 54.0 Å². The van der Waals surface area contributed by atoms with Crippen molar-refractivity contribution >= 4 is 12.4 Å². The fraction of sp³-hybridized carbons (Fsp3) is 0. The van der Waals surface area contributed by atoms with Crippen LogP contribution in [0.1, 0.15) is 11.3 Å². The summed E-state index contributed by atoms with van der Waals surface area (Å²) in [6, 6.07) is 10.3. The summed E-state index contributed by atoms with van der Waals surface area (Å²) in [6.45, 7) is 0. The second kappa shape index (κ2) is 4.93. The minimum atomic E-state index is 0.207. The fourth-order valence-corrected chi connectivity index (χ4v) is 1.16. The molecule has 0 bridgehead atoms. The van der Waals surface area contributed by atoms with E-state index in [2.05, 4.69) is 10.2 Å². The summed E-state index contributed by atoms with van der Waals surface area (Å²) in [4.78, 5) is 0. The van der Waals surface area contributed by atoms with Gasteiger partial charge in [0.05, 0.1) is 18.7 Å². The molecular weight excluding hydrogens is 204 g/mol. The molecule has 2 aromatic rings. The normalized spacial score (nSPS) is 11.5. The van der Waals surface area contributed by atoms with Gasteiger partial charge in [0, 0.05) is 0 Å². The molecular formula is C12H10N2O2. The van der Waals surface area contributed by atoms with Crippen LogP contribution in [0.4, 0.5) is 0 Å². The van der Waals surface area contributed by atoms with Gasteiger partial charge in [-0.3, -0.25) is 0 Å². The third-order valence-corrected chi connectivity index (χ3v) is 1.87. The van der Waals surface area contributed by atoms with Crippen molar-refractivity contribution in [3.8, 4) is 5.75 Å². The average Bonchev–Trinajstić information content (AvgIpc) is 2.77. The lowest BCUT2D eigenvalue weighted by Crippen LogP contribution is -1.79. The van der Waals surface area contributed by atoms with Gasteiger partial charge in [-0.05, 0) is 29.8 Å². The zero-order chi connectivity index (χ0) is 11.2.